The van der Waals surface area contributed by atoms with Gasteiger partial charge in [0.15, 0.2) is 0 Å². The molecular formula is C17H29NO2. The standard InChI is InChI=1S/C17H29NO2/c1-5-18-14-15-7-6-8-16(13-15)20-12-11-19-10-9-17(2,3)4/h6-8,13,18H,5,9-12,14H2,1-4H3. The summed E-state index contributed by atoms with van der Waals surface area (Å²) >= 11 is 0. The second-order valence-corrected chi connectivity index (χ2v) is 6.20. The van der Waals surface area contributed by atoms with E-state index in [4.69, 9.17) is 9.47 Å². The van der Waals surface area contributed by atoms with Gasteiger partial charge in [-0.3, -0.25) is 0 Å². The van der Waals surface area contributed by atoms with E-state index in [0.717, 1.165) is 31.9 Å². The van der Waals surface area contributed by atoms with E-state index in [-0.39, 0.29) is 0 Å². The lowest BCUT2D eigenvalue weighted by Gasteiger charge is -2.17. The van der Waals surface area contributed by atoms with Gasteiger partial charge in [0, 0.05) is 13.2 Å². The first-order valence-electron chi connectivity index (χ1n) is 7.51. The SMILES string of the molecule is CCNCc1cccc(OCCOCCC(C)(C)C)c1. The van der Waals surface area contributed by atoms with E-state index in [1.54, 1.807) is 0 Å². The number of benzene rings is 1. The lowest BCUT2D eigenvalue weighted by molar-refractivity contribution is 0.0818. The van der Waals surface area contributed by atoms with Crippen LogP contribution in [0.25, 0.3) is 0 Å². The minimum absolute atomic E-state index is 0.335. The summed E-state index contributed by atoms with van der Waals surface area (Å²) in [4.78, 5) is 0. The molecule has 0 spiro atoms. The molecule has 0 aliphatic rings. The number of rotatable bonds is 9. The first-order valence-corrected chi connectivity index (χ1v) is 7.51. The van der Waals surface area contributed by atoms with Crippen LogP contribution in [0.3, 0.4) is 0 Å². The third kappa shape index (κ3) is 8.18. The summed E-state index contributed by atoms with van der Waals surface area (Å²) in [5, 5.41) is 3.31. The second-order valence-electron chi connectivity index (χ2n) is 6.20. The molecule has 0 atom stereocenters. The Morgan fingerprint density at radius 2 is 1.90 bits per heavy atom. The van der Waals surface area contributed by atoms with Crippen LogP contribution in [-0.4, -0.2) is 26.4 Å². The van der Waals surface area contributed by atoms with Crippen molar-refractivity contribution >= 4 is 0 Å². The van der Waals surface area contributed by atoms with Crippen molar-refractivity contribution in [2.24, 2.45) is 5.41 Å². The van der Waals surface area contributed by atoms with Gasteiger partial charge in [0.25, 0.3) is 0 Å². The van der Waals surface area contributed by atoms with Gasteiger partial charge in [-0.05, 0) is 36.1 Å². The molecule has 0 radical (unpaired) electrons. The Morgan fingerprint density at radius 1 is 1.10 bits per heavy atom. The highest BCUT2D eigenvalue weighted by Gasteiger charge is 2.09. The summed E-state index contributed by atoms with van der Waals surface area (Å²) in [5.74, 6) is 0.917. The number of hydrogen-bond donors (Lipinski definition) is 1. The topological polar surface area (TPSA) is 30.5 Å². The fourth-order valence-electron chi connectivity index (χ4n) is 1.71. The molecule has 0 fully saturated rings. The van der Waals surface area contributed by atoms with Gasteiger partial charge in [-0.1, -0.05) is 39.8 Å². The zero-order chi connectivity index (χ0) is 14.8. The molecule has 1 aromatic rings. The highest BCUT2D eigenvalue weighted by atomic mass is 16.5. The predicted octanol–water partition coefficient (Wildman–Crippen LogP) is 3.63. The molecule has 0 unspecified atom stereocenters. The largest absolute Gasteiger partial charge is 0.491 e. The van der Waals surface area contributed by atoms with Crippen molar-refractivity contribution in [2.45, 2.75) is 40.7 Å². The van der Waals surface area contributed by atoms with Crippen LogP contribution < -0.4 is 10.1 Å². The molecule has 1 aromatic carbocycles. The van der Waals surface area contributed by atoms with Crippen LogP contribution in [-0.2, 0) is 11.3 Å². The van der Waals surface area contributed by atoms with Crippen LogP contribution >= 0.6 is 0 Å². The van der Waals surface area contributed by atoms with Gasteiger partial charge in [0.1, 0.15) is 12.4 Å². The molecule has 3 nitrogen and oxygen atoms in total. The van der Waals surface area contributed by atoms with Crippen LogP contribution in [0.15, 0.2) is 24.3 Å². The van der Waals surface area contributed by atoms with Gasteiger partial charge in [-0.2, -0.15) is 0 Å². The zero-order valence-corrected chi connectivity index (χ0v) is 13.4. The predicted molar refractivity (Wildman–Crippen MR) is 84.2 cm³/mol. The van der Waals surface area contributed by atoms with Crippen molar-refractivity contribution in [3.63, 3.8) is 0 Å². The van der Waals surface area contributed by atoms with E-state index in [1.807, 2.05) is 12.1 Å². The maximum atomic E-state index is 5.71. The molecule has 0 amide bonds. The first-order chi connectivity index (χ1) is 9.51. The third-order valence-corrected chi connectivity index (χ3v) is 2.97. The molecule has 1 rings (SSSR count). The average molecular weight is 279 g/mol. The van der Waals surface area contributed by atoms with Crippen LogP contribution in [0.2, 0.25) is 0 Å². The fourth-order valence-corrected chi connectivity index (χ4v) is 1.71. The Kier molecular flexibility index (Phi) is 7.63. The maximum Gasteiger partial charge on any atom is 0.119 e. The number of ether oxygens (including phenoxy) is 2. The molecule has 0 heterocycles. The van der Waals surface area contributed by atoms with Crippen molar-refractivity contribution in [1.29, 1.82) is 0 Å². The van der Waals surface area contributed by atoms with Crippen LogP contribution in [0, 0.1) is 5.41 Å². The van der Waals surface area contributed by atoms with Gasteiger partial charge < -0.3 is 14.8 Å². The van der Waals surface area contributed by atoms with E-state index in [9.17, 15) is 0 Å². The van der Waals surface area contributed by atoms with E-state index in [1.165, 1.54) is 5.56 Å². The molecule has 114 valence electrons. The average Bonchev–Trinajstić information content (AvgIpc) is 2.40. The van der Waals surface area contributed by atoms with Crippen molar-refractivity contribution in [1.82, 2.24) is 5.32 Å². The van der Waals surface area contributed by atoms with Crippen molar-refractivity contribution in [3.8, 4) is 5.75 Å². The molecule has 0 aliphatic carbocycles. The second kappa shape index (κ2) is 8.98. The first kappa shape index (κ1) is 17.0. The normalized spacial score (nSPS) is 11.6. The summed E-state index contributed by atoms with van der Waals surface area (Å²) in [5.41, 5.74) is 1.58. The summed E-state index contributed by atoms with van der Waals surface area (Å²) in [6, 6.07) is 8.21. The van der Waals surface area contributed by atoms with Crippen molar-refractivity contribution < 1.29 is 9.47 Å². The molecule has 0 saturated carbocycles. The van der Waals surface area contributed by atoms with Crippen LogP contribution in [0.1, 0.15) is 39.7 Å². The molecule has 0 saturated heterocycles. The van der Waals surface area contributed by atoms with E-state index in [2.05, 4.69) is 45.1 Å². The van der Waals surface area contributed by atoms with Gasteiger partial charge in [-0.15, -0.1) is 0 Å². The Balaban J connectivity index is 2.18. The van der Waals surface area contributed by atoms with E-state index in [0.29, 0.717) is 18.6 Å². The van der Waals surface area contributed by atoms with Gasteiger partial charge in [-0.25, -0.2) is 0 Å². The minimum Gasteiger partial charge on any atom is -0.491 e. The van der Waals surface area contributed by atoms with Crippen LogP contribution in [0.4, 0.5) is 0 Å². The molecular weight excluding hydrogens is 250 g/mol. The quantitative estimate of drug-likeness (QED) is 0.700. The number of nitrogens with one attached hydrogen (secondary N) is 1. The monoisotopic (exact) mass is 279 g/mol. The van der Waals surface area contributed by atoms with Gasteiger partial charge in [0.05, 0.1) is 6.61 Å². The Morgan fingerprint density at radius 3 is 2.60 bits per heavy atom. The zero-order valence-electron chi connectivity index (χ0n) is 13.4. The third-order valence-electron chi connectivity index (χ3n) is 2.97. The molecule has 3 heteroatoms. The van der Waals surface area contributed by atoms with Crippen molar-refractivity contribution in [3.05, 3.63) is 29.8 Å². The maximum absolute atomic E-state index is 5.71. The minimum atomic E-state index is 0.335. The molecule has 1 N–H and O–H groups in total. The Labute approximate surface area is 123 Å². The molecule has 0 bridgehead atoms. The highest BCUT2D eigenvalue weighted by Crippen LogP contribution is 2.18. The van der Waals surface area contributed by atoms with Crippen molar-refractivity contribution in [2.75, 3.05) is 26.4 Å². The van der Waals surface area contributed by atoms with Gasteiger partial charge in [0.2, 0.25) is 0 Å². The molecule has 0 aromatic heterocycles. The summed E-state index contributed by atoms with van der Waals surface area (Å²) < 4.78 is 11.3. The smallest absolute Gasteiger partial charge is 0.119 e. The van der Waals surface area contributed by atoms with Gasteiger partial charge >= 0.3 is 0 Å². The summed E-state index contributed by atoms with van der Waals surface area (Å²) in [6.45, 7) is 12.7. The van der Waals surface area contributed by atoms with E-state index >= 15 is 0 Å². The summed E-state index contributed by atoms with van der Waals surface area (Å²) in [6.07, 6.45) is 1.07. The Bertz CT molecular complexity index is 371. The van der Waals surface area contributed by atoms with E-state index < -0.39 is 0 Å². The highest BCUT2D eigenvalue weighted by molar-refractivity contribution is 5.28. The lowest BCUT2D eigenvalue weighted by atomic mass is 9.93. The summed E-state index contributed by atoms with van der Waals surface area (Å²) in [7, 11) is 0. The number of hydrogen-bond acceptors (Lipinski definition) is 3. The Hall–Kier alpha value is -1.06. The molecule has 0 aliphatic heterocycles. The van der Waals surface area contributed by atoms with Crippen LogP contribution in [0.5, 0.6) is 5.75 Å². The lowest BCUT2D eigenvalue weighted by Crippen LogP contribution is -2.13. The fraction of sp³-hybridized carbons (Fsp3) is 0.647. The molecule has 20 heavy (non-hydrogen) atoms.